The number of para-hydroxylation sites is 1. The van der Waals surface area contributed by atoms with Crippen molar-refractivity contribution in [3.05, 3.63) is 54.2 Å². The van der Waals surface area contributed by atoms with Crippen molar-refractivity contribution in [1.82, 2.24) is 20.3 Å². The Balaban J connectivity index is 1.81. The van der Waals surface area contributed by atoms with E-state index in [0.717, 1.165) is 16.7 Å². The SMILES string of the molecule is O=C(NCc1ncc[nH]1)c1cccc2cc[nH]c12. The Labute approximate surface area is 103 Å². The van der Waals surface area contributed by atoms with Crippen molar-refractivity contribution in [2.75, 3.05) is 0 Å². The fourth-order valence-corrected chi connectivity index (χ4v) is 1.93. The second-order valence-corrected chi connectivity index (χ2v) is 3.97. The van der Waals surface area contributed by atoms with Gasteiger partial charge >= 0.3 is 0 Å². The van der Waals surface area contributed by atoms with Gasteiger partial charge < -0.3 is 15.3 Å². The van der Waals surface area contributed by atoms with Crippen molar-refractivity contribution in [3.63, 3.8) is 0 Å². The van der Waals surface area contributed by atoms with Crippen LogP contribution in [0.2, 0.25) is 0 Å². The number of benzene rings is 1. The number of aromatic amines is 2. The van der Waals surface area contributed by atoms with Crippen LogP contribution in [0, 0.1) is 0 Å². The number of hydrogen-bond acceptors (Lipinski definition) is 2. The summed E-state index contributed by atoms with van der Waals surface area (Å²) >= 11 is 0. The van der Waals surface area contributed by atoms with Gasteiger partial charge in [-0.25, -0.2) is 4.98 Å². The Morgan fingerprint density at radius 3 is 3.00 bits per heavy atom. The number of H-pyrrole nitrogens is 2. The number of carbonyl (C=O) groups excluding carboxylic acids is 1. The van der Waals surface area contributed by atoms with E-state index in [2.05, 4.69) is 20.3 Å². The Morgan fingerprint density at radius 2 is 2.17 bits per heavy atom. The summed E-state index contributed by atoms with van der Waals surface area (Å²) < 4.78 is 0. The van der Waals surface area contributed by atoms with Gasteiger partial charge in [-0.15, -0.1) is 0 Å². The molecule has 0 saturated carbocycles. The molecule has 5 nitrogen and oxygen atoms in total. The average molecular weight is 240 g/mol. The maximum absolute atomic E-state index is 12.1. The van der Waals surface area contributed by atoms with Gasteiger partial charge in [0, 0.05) is 24.0 Å². The van der Waals surface area contributed by atoms with Crippen molar-refractivity contribution < 1.29 is 4.79 Å². The van der Waals surface area contributed by atoms with Crippen molar-refractivity contribution in [2.45, 2.75) is 6.54 Å². The summed E-state index contributed by atoms with van der Waals surface area (Å²) in [5.74, 6) is 0.626. The second-order valence-electron chi connectivity index (χ2n) is 3.97. The predicted molar refractivity (Wildman–Crippen MR) is 68.1 cm³/mol. The lowest BCUT2D eigenvalue weighted by molar-refractivity contribution is 0.0951. The molecular weight excluding hydrogens is 228 g/mol. The average Bonchev–Trinajstić information content (AvgIpc) is 3.05. The smallest absolute Gasteiger partial charge is 0.253 e. The molecule has 0 aliphatic heterocycles. The molecule has 0 fully saturated rings. The summed E-state index contributed by atoms with van der Waals surface area (Å²) in [6.07, 6.45) is 5.22. The molecule has 0 radical (unpaired) electrons. The summed E-state index contributed by atoms with van der Waals surface area (Å²) in [4.78, 5) is 22.2. The Morgan fingerprint density at radius 1 is 1.22 bits per heavy atom. The summed E-state index contributed by atoms with van der Waals surface area (Å²) in [7, 11) is 0. The minimum atomic E-state index is -0.112. The van der Waals surface area contributed by atoms with Gasteiger partial charge in [0.25, 0.3) is 5.91 Å². The van der Waals surface area contributed by atoms with E-state index in [1.165, 1.54) is 0 Å². The van der Waals surface area contributed by atoms with Gasteiger partial charge in [0.05, 0.1) is 17.6 Å². The van der Waals surface area contributed by atoms with Gasteiger partial charge in [-0.3, -0.25) is 4.79 Å². The monoisotopic (exact) mass is 240 g/mol. The molecule has 1 aromatic carbocycles. The first-order chi connectivity index (χ1) is 8.84. The van der Waals surface area contributed by atoms with Crippen molar-refractivity contribution >= 4 is 16.8 Å². The Kier molecular flexibility index (Phi) is 2.57. The first kappa shape index (κ1) is 10.6. The summed E-state index contributed by atoms with van der Waals surface area (Å²) in [6.45, 7) is 0.392. The fourth-order valence-electron chi connectivity index (χ4n) is 1.93. The zero-order chi connectivity index (χ0) is 12.4. The topological polar surface area (TPSA) is 73.6 Å². The number of nitrogens with zero attached hydrogens (tertiary/aromatic N) is 1. The molecule has 3 aromatic rings. The van der Waals surface area contributed by atoms with Crippen LogP contribution in [-0.4, -0.2) is 20.9 Å². The number of amides is 1. The lowest BCUT2D eigenvalue weighted by atomic mass is 10.1. The van der Waals surface area contributed by atoms with Crippen LogP contribution in [0.1, 0.15) is 16.2 Å². The van der Waals surface area contributed by atoms with Gasteiger partial charge in [0.2, 0.25) is 0 Å². The first-order valence-corrected chi connectivity index (χ1v) is 5.67. The van der Waals surface area contributed by atoms with Gasteiger partial charge in [-0.2, -0.15) is 0 Å². The molecule has 3 rings (SSSR count). The van der Waals surface area contributed by atoms with Crippen molar-refractivity contribution in [2.24, 2.45) is 0 Å². The molecule has 0 aliphatic rings. The first-order valence-electron chi connectivity index (χ1n) is 5.67. The standard InChI is InChI=1S/C13H12N4O/c18-13(17-8-11-14-6-7-15-11)10-3-1-2-9-4-5-16-12(9)10/h1-7,16H,8H2,(H,14,15)(H,17,18). The van der Waals surface area contributed by atoms with E-state index >= 15 is 0 Å². The van der Waals surface area contributed by atoms with Gasteiger partial charge in [-0.1, -0.05) is 12.1 Å². The predicted octanol–water partition coefficient (Wildman–Crippen LogP) is 1.82. The van der Waals surface area contributed by atoms with E-state index in [0.29, 0.717) is 12.1 Å². The normalized spacial score (nSPS) is 10.7. The lowest BCUT2D eigenvalue weighted by Crippen LogP contribution is -2.23. The van der Waals surface area contributed by atoms with E-state index in [9.17, 15) is 4.79 Å². The highest BCUT2D eigenvalue weighted by atomic mass is 16.1. The van der Waals surface area contributed by atoms with E-state index in [-0.39, 0.29) is 5.91 Å². The molecule has 0 bridgehead atoms. The van der Waals surface area contributed by atoms with Crippen molar-refractivity contribution in [3.8, 4) is 0 Å². The number of fused-ring (bicyclic) bond motifs is 1. The highest BCUT2D eigenvalue weighted by Crippen LogP contribution is 2.16. The van der Waals surface area contributed by atoms with Gasteiger partial charge in [0.1, 0.15) is 5.82 Å². The minimum absolute atomic E-state index is 0.112. The highest BCUT2D eigenvalue weighted by molar-refractivity contribution is 6.05. The van der Waals surface area contributed by atoms with E-state index in [1.54, 1.807) is 18.5 Å². The third-order valence-electron chi connectivity index (χ3n) is 2.80. The summed E-state index contributed by atoms with van der Waals surface area (Å²) in [5, 5.41) is 3.86. The highest BCUT2D eigenvalue weighted by Gasteiger charge is 2.10. The third-order valence-corrected chi connectivity index (χ3v) is 2.80. The largest absolute Gasteiger partial charge is 0.361 e. The summed E-state index contributed by atoms with van der Waals surface area (Å²) in [6, 6.07) is 7.59. The van der Waals surface area contributed by atoms with Crippen LogP contribution in [0.4, 0.5) is 0 Å². The Bertz CT molecular complexity index is 669. The molecule has 2 heterocycles. The van der Waals surface area contributed by atoms with Crippen LogP contribution in [0.15, 0.2) is 42.9 Å². The molecule has 3 N–H and O–H groups in total. The molecule has 0 spiro atoms. The van der Waals surface area contributed by atoms with Gasteiger partial charge in [-0.05, 0) is 12.1 Å². The lowest BCUT2D eigenvalue weighted by Gasteiger charge is -2.04. The number of rotatable bonds is 3. The minimum Gasteiger partial charge on any atom is -0.361 e. The zero-order valence-electron chi connectivity index (χ0n) is 9.60. The molecule has 5 heteroatoms. The quantitative estimate of drug-likeness (QED) is 0.653. The number of imidazole rings is 1. The molecule has 2 aromatic heterocycles. The van der Waals surface area contributed by atoms with E-state index < -0.39 is 0 Å². The van der Waals surface area contributed by atoms with Crippen LogP contribution in [0.25, 0.3) is 10.9 Å². The molecular formula is C13H12N4O. The maximum Gasteiger partial charge on any atom is 0.253 e. The molecule has 0 saturated heterocycles. The number of aromatic nitrogens is 3. The van der Waals surface area contributed by atoms with Crippen LogP contribution in [-0.2, 0) is 6.54 Å². The summed E-state index contributed by atoms with van der Waals surface area (Å²) in [5.41, 5.74) is 1.50. The number of nitrogens with one attached hydrogen (secondary N) is 3. The fraction of sp³-hybridized carbons (Fsp3) is 0.0769. The van der Waals surface area contributed by atoms with E-state index in [1.807, 2.05) is 24.4 Å². The molecule has 1 amide bonds. The van der Waals surface area contributed by atoms with E-state index in [4.69, 9.17) is 0 Å². The van der Waals surface area contributed by atoms with Crippen LogP contribution < -0.4 is 5.32 Å². The molecule has 0 atom stereocenters. The third kappa shape index (κ3) is 1.86. The molecule has 0 aliphatic carbocycles. The van der Waals surface area contributed by atoms with Crippen LogP contribution in [0.3, 0.4) is 0 Å². The second kappa shape index (κ2) is 4.37. The molecule has 0 unspecified atom stereocenters. The number of carbonyl (C=O) groups is 1. The van der Waals surface area contributed by atoms with Crippen LogP contribution in [0.5, 0.6) is 0 Å². The van der Waals surface area contributed by atoms with Crippen LogP contribution >= 0.6 is 0 Å². The van der Waals surface area contributed by atoms with Gasteiger partial charge in [0.15, 0.2) is 0 Å². The number of hydrogen-bond donors (Lipinski definition) is 3. The zero-order valence-corrected chi connectivity index (χ0v) is 9.60. The van der Waals surface area contributed by atoms with Crippen molar-refractivity contribution in [1.29, 1.82) is 0 Å². The maximum atomic E-state index is 12.1. The molecule has 18 heavy (non-hydrogen) atoms. The Hall–Kier alpha value is -2.56. The molecule has 90 valence electrons.